The normalized spacial score (nSPS) is 24.0. The summed E-state index contributed by atoms with van der Waals surface area (Å²) in [5.41, 5.74) is 1.42. The van der Waals surface area contributed by atoms with E-state index >= 15 is 0 Å². The number of benzene rings is 1. The average Bonchev–Trinajstić information content (AvgIpc) is 3.42. The van der Waals surface area contributed by atoms with Crippen LogP contribution >= 0.6 is 0 Å². The lowest BCUT2D eigenvalue weighted by atomic mass is 10.0. The summed E-state index contributed by atoms with van der Waals surface area (Å²) in [6, 6.07) is 11.6. The third-order valence-corrected chi connectivity index (χ3v) is 5.11. The van der Waals surface area contributed by atoms with Crippen LogP contribution in [0, 0.1) is 0 Å². The van der Waals surface area contributed by atoms with Crippen molar-refractivity contribution in [2.24, 2.45) is 0 Å². The minimum atomic E-state index is 0.609. The van der Waals surface area contributed by atoms with Gasteiger partial charge in [-0.15, -0.1) is 0 Å². The molecule has 1 aromatic carbocycles. The second-order valence-electron chi connectivity index (χ2n) is 6.70. The third-order valence-electron chi connectivity index (χ3n) is 5.11. The Bertz CT molecular complexity index is 653. The lowest BCUT2D eigenvalue weighted by Crippen LogP contribution is -2.44. The Kier molecular flexibility index (Phi) is 4.34. The van der Waals surface area contributed by atoms with Crippen molar-refractivity contribution in [3.8, 4) is 5.75 Å². The fraction of sp³-hybridized carbons (Fsp3) is 0.474. The number of hydrogen-bond acceptors (Lipinski definition) is 5. The van der Waals surface area contributed by atoms with Gasteiger partial charge in [0.05, 0.1) is 7.11 Å². The third kappa shape index (κ3) is 3.36. The maximum atomic E-state index is 5.23. The molecular formula is C19H24N4O. The molecule has 1 saturated carbocycles. The predicted octanol–water partition coefficient (Wildman–Crippen LogP) is 2.60. The van der Waals surface area contributed by atoms with Crippen LogP contribution in [0.4, 0.5) is 5.95 Å². The molecule has 0 spiro atoms. The molecule has 2 unspecified atom stereocenters. The summed E-state index contributed by atoms with van der Waals surface area (Å²) in [7, 11) is 1.71. The van der Waals surface area contributed by atoms with Gasteiger partial charge in [0.1, 0.15) is 5.75 Å². The largest absolute Gasteiger partial charge is 0.497 e. The fourth-order valence-corrected chi connectivity index (χ4v) is 3.60. The molecule has 5 nitrogen and oxygen atoms in total. The van der Waals surface area contributed by atoms with Crippen LogP contribution in [0.25, 0.3) is 0 Å². The van der Waals surface area contributed by atoms with Gasteiger partial charge < -0.3 is 15.0 Å². The van der Waals surface area contributed by atoms with Crippen molar-refractivity contribution < 1.29 is 4.74 Å². The fourth-order valence-electron chi connectivity index (χ4n) is 3.60. The number of hydrogen-bond donors (Lipinski definition) is 1. The number of nitrogens with zero attached hydrogens (tertiary/aromatic N) is 3. The molecule has 1 aromatic heterocycles. The molecule has 1 saturated heterocycles. The first kappa shape index (κ1) is 15.4. The van der Waals surface area contributed by atoms with Crippen LogP contribution in [0.3, 0.4) is 0 Å². The van der Waals surface area contributed by atoms with Gasteiger partial charge in [-0.05, 0) is 43.0 Å². The van der Waals surface area contributed by atoms with E-state index in [1.807, 2.05) is 18.5 Å². The molecule has 2 atom stereocenters. The molecule has 4 rings (SSSR count). The summed E-state index contributed by atoms with van der Waals surface area (Å²) in [4.78, 5) is 11.0. The van der Waals surface area contributed by atoms with Crippen LogP contribution in [0.2, 0.25) is 0 Å². The number of methoxy groups -OCH3 is 1. The van der Waals surface area contributed by atoms with E-state index in [1.165, 1.54) is 12.0 Å². The Morgan fingerprint density at radius 1 is 1.08 bits per heavy atom. The summed E-state index contributed by atoms with van der Waals surface area (Å²) >= 11 is 0. The van der Waals surface area contributed by atoms with Crippen LogP contribution in [0.1, 0.15) is 30.7 Å². The Labute approximate surface area is 143 Å². The number of anilines is 1. The van der Waals surface area contributed by atoms with Gasteiger partial charge in [-0.2, -0.15) is 0 Å². The molecule has 5 heteroatoms. The van der Waals surface area contributed by atoms with Crippen molar-refractivity contribution >= 4 is 5.95 Å². The first-order chi connectivity index (χ1) is 11.8. The van der Waals surface area contributed by atoms with Crippen molar-refractivity contribution in [3.63, 3.8) is 0 Å². The Hall–Kier alpha value is -2.14. The minimum absolute atomic E-state index is 0.609. The molecule has 1 aliphatic heterocycles. The highest BCUT2D eigenvalue weighted by molar-refractivity contribution is 5.34. The molecule has 0 radical (unpaired) electrons. The van der Waals surface area contributed by atoms with E-state index in [0.717, 1.165) is 37.6 Å². The number of piperidine rings is 1. The Morgan fingerprint density at radius 3 is 2.46 bits per heavy atom. The van der Waals surface area contributed by atoms with E-state index in [4.69, 9.17) is 4.74 Å². The molecule has 0 bridgehead atoms. The van der Waals surface area contributed by atoms with Gasteiger partial charge in [0.25, 0.3) is 0 Å². The zero-order valence-corrected chi connectivity index (χ0v) is 14.1. The number of ether oxygens (including phenoxy) is 1. The minimum Gasteiger partial charge on any atom is -0.497 e. The zero-order chi connectivity index (χ0) is 16.4. The standard InChI is InChI=1S/C19H24N4O/c1-24-16-5-3-14(4-6-16)17-13-18(17)22-15-7-11-23(12-8-15)19-20-9-2-10-21-19/h2-6,9-10,15,17-18,22H,7-8,11-13H2,1H3. The van der Waals surface area contributed by atoms with Gasteiger partial charge in [-0.1, -0.05) is 12.1 Å². The zero-order valence-electron chi connectivity index (χ0n) is 14.1. The van der Waals surface area contributed by atoms with Gasteiger partial charge in [-0.3, -0.25) is 0 Å². The van der Waals surface area contributed by atoms with Gasteiger partial charge in [0, 0.05) is 43.5 Å². The summed E-state index contributed by atoms with van der Waals surface area (Å²) in [5, 5.41) is 3.84. The average molecular weight is 324 g/mol. The topological polar surface area (TPSA) is 50.3 Å². The van der Waals surface area contributed by atoms with Gasteiger partial charge in [0.2, 0.25) is 5.95 Å². The smallest absolute Gasteiger partial charge is 0.225 e. The van der Waals surface area contributed by atoms with E-state index in [2.05, 4.69) is 44.5 Å². The van der Waals surface area contributed by atoms with Crippen molar-refractivity contribution in [1.82, 2.24) is 15.3 Å². The van der Waals surface area contributed by atoms with Gasteiger partial charge in [0.15, 0.2) is 0 Å². The lowest BCUT2D eigenvalue weighted by molar-refractivity contribution is 0.407. The molecule has 2 aromatic rings. The van der Waals surface area contributed by atoms with E-state index in [9.17, 15) is 0 Å². The molecule has 1 N–H and O–H groups in total. The second kappa shape index (κ2) is 6.77. The van der Waals surface area contributed by atoms with Gasteiger partial charge >= 0.3 is 0 Å². The van der Waals surface area contributed by atoms with Gasteiger partial charge in [-0.25, -0.2) is 9.97 Å². The highest BCUT2D eigenvalue weighted by atomic mass is 16.5. The number of aromatic nitrogens is 2. The monoisotopic (exact) mass is 324 g/mol. The molecule has 0 amide bonds. The molecule has 2 aliphatic rings. The molecule has 126 valence electrons. The highest BCUT2D eigenvalue weighted by Crippen LogP contribution is 2.41. The Morgan fingerprint density at radius 2 is 1.79 bits per heavy atom. The Balaban J connectivity index is 1.26. The summed E-state index contributed by atoms with van der Waals surface area (Å²) < 4.78 is 5.23. The quantitative estimate of drug-likeness (QED) is 0.916. The maximum Gasteiger partial charge on any atom is 0.225 e. The molecule has 2 fully saturated rings. The predicted molar refractivity (Wildman–Crippen MR) is 94.5 cm³/mol. The first-order valence-corrected chi connectivity index (χ1v) is 8.75. The van der Waals surface area contributed by atoms with Crippen LogP contribution in [-0.4, -0.2) is 42.3 Å². The van der Waals surface area contributed by atoms with E-state index in [0.29, 0.717) is 18.0 Å². The van der Waals surface area contributed by atoms with Crippen molar-refractivity contribution in [3.05, 3.63) is 48.3 Å². The van der Waals surface area contributed by atoms with Crippen molar-refractivity contribution in [1.29, 1.82) is 0 Å². The summed E-state index contributed by atoms with van der Waals surface area (Å²) in [6.07, 6.45) is 7.19. The van der Waals surface area contributed by atoms with Crippen LogP contribution in [0.5, 0.6) is 5.75 Å². The molecule has 2 heterocycles. The number of rotatable bonds is 5. The first-order valence-electron chi connectivity index (χ1n) is 8.75. The van der Waals surface area contributed by atoms with Crippen molar-refractivity contribution in [2.75, 3.05) is 25.1 Å². The maximum absolute atomic E-state index is 5.23. The van der Waals surface area contributed by atoms with Crippen LogP contribution in [0.15, 0.2) is 42.7 Å². The second-order valence-corrected chi connectivity index (χ2v) is 6.70. The SMILES string of the molecule is COc1ccc(C2CC2NC2CCN(c3ncccn3)CC2)cc1. The molecule has 24 heavy (non-hydrogen) atoms. The van der Waals surface area contributed by atoms with E-state index in [-0.39, 0.29) is 0 Å². The molecule has 1 aliphatic carbocycles. The van der Waals surface area contributed by atoms with Crippen molar-refractivity contribution in [2.45, 2.75) is 37.3 Å². The van der Waals surface area contributed by atoms with E-state index in [1.54, 1.807) is 7.11 Å². The lowest BCUT2D eigenvalue weighted by Gasteiger charge is -2.32. The number of nitrogens with one attached hydrogen (secondary N) is 1. The highest BCUT2D eigenvalue weighted by Gasteiger charge is 2.39. The van der Waals surface area contributed by atoms with E-state index < -0.39 is 0 Å². The van der Waals surface area contributed by atoms with Crippen LogP contribution in [-0.2, 0) is 0 Å². The summed E-state index contributed by atoms with van der Waals surface area (Å²) in [6.45, 7) is 2.06. The van der Waals surface area contributed by atoms with Crippen LogP contribution < -0.4 is 15.0 Å². The molecular weight excluding hydrogens is 300 g/mol. The summed E-state index contributed by atoms with van der Waals surface area (Å²) in [5.74, 6) is 2.45.